The molecule has 1 aliphatic carbocycles. The summed E-state index contributed by atoms with van der Waals surface area (Å²) in [5, 5.41) is 20.1. The van der Waals surface area contributed by atoms with Crippen molar-refractivity contribution in [2.75, 3.05) is 29.6 Å². The van der Waals surface area contributed by atoms with Gasteiger partial charge in [0.15, 0.2) is 0 Å². The van der Waals surface area contributed by atoms with Crippen molar-refractivity contribution in [1.29, 1.82) is 0 Å². The van der Waals surface area contributed by atoms with E-state index in [-0.39, 0.29) is 12.1 Å². The Morgan fingerprint density at radius 3 is 2.59 bits per heavy atom. The monoisotopic (exact) mass is 463 g/mol. The third-order valence-corrected chi connectivity index (χ3v) is 5.95. The van der Waals surface area contributed by atoms with E-state index in [4.69, 9.17) is 9.72 Å². The highest BCUT2D eigenvalue weighted by molar-refractivity contribution is 5.75. The Balaban J connectivity index is 1.57. The van der Waals surface area contributed by atoms with Crippen LogP contribution in [0.2, 0.25) is 0 Å². The van der Waals surface area contributed by atoms with Gasteiger partial charge >= 0.3 is 0 Å². The quantitative estimate of drug-likeness (QED) is 0.320. The molecule has 0 amide bonds. The number of nitrogens with zero attached hydrogens (tertiary/aromatic N) is 4. The molecule has 1 saturated carbocycles. The topological polar surface area (TPSA) is 117 Å². The molecular formula is C25H33N7O2. The first-order valence-corrected chi connectivity index (χ1v) is 11.9. The van der Waals surface area contributed by atoms with E-state index in [1.165, 1.54) is 6.33 Å². The normalized spacial score (nSPS) is 17.7. The molecule has 0 unspecified atom stereocenters. The molecule has 9 heteroatoms. The SMILES string of the molecule is CCCCNc1ncc(-c2cc(Nc3ccc(OC)cc3)ncn2)c(NC2CCC(O)CC2)n1. The zero-order valence-corrected chi connectivity index (χ0v) is 19.8. The minimum Gasteiger partial charge on any atom is -0.497 e. The summed E-state index contributed by atoms with van der Waals surface area (Å²) in [6.45, 7) is 2.98. The van der Waals surface area contributed by atoms with Crippen LogP contribution in [0.15, 0.2) is 42.9 Å². The van der Waals surface area contributed by atoms with Crippen molar-refractivity contribution in [2.24, 2.45) is 0 Å². The first kappa shape index (κ1) is 23.7. The highest BCUT2D eigenvalue weighted by Gasteiger charge is 2.21. The van der Waals surface area contributed by atoms with E-state index in [2.05, 4.69) is 37.8 Å². The van der Waals surface area contributed by atoms with Crippen LogP contribution in [0.3, 0.4) is 0 Å². The summed E-state index contributed by atoms with van der Waals surface area (Å²) in [6, 6.07) is 9.80. The zero-order chi connectivity index (χ0) is 23.8. The molecule has 34 heavy (non-hydrogen) atoms. The molecule has 0 atom stereocenters. The number of ether oxygens (including phenoxy) is 1. The Hall–Kier alpha value is -3.46. The zero-order valence-electron chi connectivity index (χ0n) is 19.8. The number of methoxy groups -OCH3 is 1. The molecule has 2 heterocycles. The van der Waals surface area contributed by atoms with Gasteiger partial charge in [-0.2, -0.15) is 4.98 Å². The van der Waals surface area contributed by atoms with Gasteiger partial charge in [-0.25, -0.2) is 15.0 Å². The van der Waals surface area contributed by atoms with Crippen molar-refractivity contribution in [3.63, 3.8) is 0 Å². The molecule has 1 fully saturated rings. The van der Waals surface area contributed by atoms with Crippen molar-refractivity contribution in [3.05, 3.63) is 42.9 Å². The Morgan fingerprint density at radius 2 is 1.85 bits per heavy atom. The Kier molecular flexibility index (Phi) is 8.08. The average Bonchev–Trinajstić information content (AvgIpc) is 2.86. The number of unbranched alkanes of at least 4 members (excludes halogenated alkanes) is 1. The van der Waals surface area contributed by atoms with Crippen LogP contribution in [0.4, 0.5) is 23.3 Å². The lowest BCUT2D eigenvalue weighted by atomic mass is 9.93. The van der Waals surface area contributed by atoms with Gasteiger partial charge < -0.3 is 25.8 Å². The second-order valence-corrected chi connectivity index (χ2v) is 8.53. The molecule has 0 aliphatic heterocycles. The molecule has 1 aliphatic rings. The van der Waals surface area contributed by atoms with Gasteiger partial charge in [-0.1, -0.05) is 13.3 Å². The number of hydrogen-bond acceptors (Lipinski definition) is 9. The van der Waals surface area contributed by atoms with Gasteiger partial charge in [-0.3, -0.25) is 0 Å². The molecular weight excluding hydrogens is 430 g/mol. The number of nitrogens with one attached hydrogen (secondary N) is 3. The lowest BCUT2D eigenvalue weighted by Gasteiger charge is -2.27. The lowest BCUT2D eigenvalue weighted by molar-refractivity contribution is 0.126. The summed E-state index contributed by atoms with van der Waals surface area (Å²) >= 11 is 0. The van der Waals surface area contributed by atoms with E-state index >= 15 is 0 Å². The van der Waals surface area contributed by atoms with Gasteiger partial charge in [-0.15, -0.1) is 0 Å². The van der Waals surface area contributed by atoms with Crippen LogP contribution < -0.4 is 20.7 Å². The molecule has 0 saturated heterocycles. The third kappa shape index (κ3) is 6.32. The summed E-state index contributed by atoms with van der Waals surface area (Å²) in [4.78, 5) is 18.2. The molecule has 0 spiro atoms. The molecule has 9 nitrogen and oxygen atoms in total. The second-order valence-electron chi connectivity index (χ2n) is 8.53. The van der Waals surface area contributed by atoms with Gasteiger partial charge in [0, 0.05) is 30.5 Å². The largest absolute Gasteiger partial charge is 0.497 e. The fourth-order valence-corrected chi connectivity index (χ4v) is 3.95. The van der Waals surface area contributed by atoms with Crippen LogP contribution in [0.25, 0.3) is 11.3 Å². The molecule has 4 rings (SSSR count). The Bertz CT molecular complexity index is 1050. The molecule has 1 aromatic carbocycles. The predicted molar refractivity (Wildman–Crippen MR) is 135 cm³/mol. The summed E-state index contributed by atoms with van der Waals surface area (Å²) < 4.78 is 5.22. The first-order valence-electron chi connectivity index (χ1n) is 11.9. The molecule has 4 N–H and O–H groups in total. The Labute approximate surface area is 200 Å². The number of anilines is 4. The summed E-state index contributed by atoms with van der Waals surface area (Å²) in [5.41, 5.74) is 2.44. The van der Waals surface area contributed by atoms with Gasteiger partial charge in [0.1, 0.15) is 23.7 Å². The van der Waals surface area contributed by atoms with E-state index in [9.17, 15) is 5.11 Å². The van der Waals surface area contributed by atoms with E-state index in [1.54, 1.807) is 13.3 Å². The predicted octanol–water partition coefficient (Wildman–Crippen LogP) is 4.61. The van der Waals surface area contributed by atoms with Crippen LogP contribution in [0.5, 0.6) is 5.75 Å². The van der Waals surface area contributed by atoms with Crippen molar-refractivity contribution >= 4 is 23.3 Å². The average molecular weight is 464 g/mol. The van der Waals surface area contributed by atoms with Crippen LogP contribution in [-0.4, -0.2) is 50.8 Å². The minimum atomic E-state index is -0.206. The minimum absolute atomic E-state index is 0.206. The lowest BCUT2D eigenvalue weighted by Crippen LogP contribution is -2.29. The molecule has 0 bridgehead atoms. The second kappa shape index (κ2) is 11.6. The van der Waals surface area contributed by atoms with Gasteiger partial charge in [0.25, 0.3) is 0 Å². The maximum Gasteiger partial charge on any atom is 0.224 e. The van der Waals surface area contributed by atoms with Crippen LogP contribution >= 0.6 is 0 Å². The van der Waals surface area contributed by atoms with Crippen molar-refractivity contribution in [3.8, 4) is 17.0 Å². The maximum atomic E-state index is 9.88. The van der Waals surface area contributed by atoms with E-state index in [1.807, 2.05) is 30.3 Å². The summed E-state index contributed by atoms with van der Waals surface area (Å²) in [7, 11) is 1.65. The molecule has 180 valence electrons. The number of hydrogen-bond donors (Lipinski definition) is 4. The van der Waals surface area contributed by atoms with Gasteiger partial charge in [-0.05, 0) is 56.4 Å². The van der Waals surface area contributed by atoms with Crippen molar-refractivity contribution in [1.82, 2.24) is 19.9 Å². The number of aliphatic hydroxyl groups is 1. The highest BCUT2D eigenvalue weighted by atomic mass is 16.5. The molecule has 2 aromatic heterocycles. The smallest absolute Gasteiger partial charge is 0.224 e. The number of benzene rings is 1. The first-order chi connectivity index (χ1) is 16.6. The van der Waals surface area contributed by atoms with Crippen LogP contribution in [-0.2, 0) is 0 Å². The highest BCUT2D eigenvalue weighted by Crippen LogP contribution is 2.30. The number of rotatable bonds is 10. The standard InChI is InChI=1S/C25H33N7O2/c1-3-4-13-26-25-27-15-21(24(32-25)31-18-5-9-19(33)10-6-18)22-14-23(29-16-28-22)30-17-7-11-20(34-2)12-8-17/h7-8,11-12,14-16,18-19,33H,3-6,9-10,13H2,1-2H3,(H,28,29,30)(H2,26,27,31,32). The van der Waals surface area contributed by atoms with Crippen LogP contribution in [0, 0.1) is 0 Å². The maximum absolute atomic E-state index is 9.88. The van der Waals surface area contributed by atoms with E-state index in [0.29, 0.717) is 11.8 Å². The number of aliphatic hydroxyl groups excluding tert-OH is 1. The fraction of sp³-hybridized carbons (Fsp3) is 0.440. The van der Waals surface area contributed by atoms with Crippen LogP contribution in [0.1, 0.15) is 45.4 Å². The van der Waals surface area contributed by atoms with Gasteiger partial charge in [0.05, 0.1) is 24.5 Å². The van der Waals surface area contributed by atoms with Crippen molar-refractivity contribution in [2.45, 2.75) is 57.6 Å². The van der Waals surface area contributed by atoms with E-state index < -0.39 is 0 Å². The molecule has 3 aromatic rings. The fourth-order valence-electron chi connectivity index (χ4n) is 3.95. The van der Waals surface area contributed by atoms with Crippen molar-refractivity contribution < 1.29 is 9.84 Å². The third-order valence-electron chi connectivity index (χ3n) is 5.95. The summed E-state index contributed by atoms with van der Waals surface area (Å²) in [6.07, 6.45) is 8.69. The summed E-state index contributed by atoms with van der Waals surface area (Å²) in [5.74, 6) is 2.81. The van der Waals surface area contributed by atoms with E-state index in [0.717, 1.165) is 73.6 Å². The number of aromatic nitrogens is 4. The molecule has 0 radical (unpaired) electrons. The Morgan fingerprint density at radius 1 is 1.06 bits per heavy atom. The van der Waals surface area contributed by atoms with Gasteiger partial charge in [0.2, 0.25) is 5.95 Å².